The maximum absolute atomic E-state index is 9.67. The number of hydrogen-bond acceptors (Lipinski definition) is 4. The van der Waals surface area contributed by atoms with Gasteiger partial charge >= 0.3 is 0 Å². The smallest absolute Gasteiger partial charge is 0.0611 e. The number of aliphatic hydroxyl groups excluding tert-OH is 1. The van der Waals surface area contributed by atoms with Crippen LogP contribution in [0.4, 0.5) is 0 Å². The van der Waals surface area contributed by atoms with E-state index < -0.39 is 0 Å². The van der Waals surface area contributed by atoms with E-state index in [1.807, 2.05) is 0 Å². The highest BCUT2D eigenvalue weighted by Crippen LogP contribution is 2.24. The van der Waals surface area contributed by atoms with Crippen molar-refractivity contribution in [3.63, 3.8) is 0 Å². The molecule has 112 valence electrons. The van der Waals surface area contributed by atoms with E-state index in [9.17, 15) is 5.11 Å². The molecule has 2 rings (SSSR count). The van der Waals surface area contributed by atoms with Crippen molar-refractivity contribution in [3.8, 4) is 0 Å². The van der Waals surface area contributed by atoms with E-state index in [4.69, 9.17) is 0 Å². The fourth-order valence-electron chi connectivity index (χ4n) is 3.06. The van der Waals surface area contributed by atoms with Gasteiger partial charge in [0.05, 0.1) is 6.61 Å². The van der Waals surface area contributed by atoms with Crippen LogP contribution in [0, 0.1) is 0 Å². The Morgan fingerprint density at radius 3 is 2.68 bits per heavy atom. The second kappa shape index (κ2) is 6.53. The molecule has 2 N–H and O–H groups in total. The first-order chi connectivity index (χ1) is 9.02. The lowest BCUT2D eigenvalue weighted by Gasteiger charge is -2.34. The van der Waals surface area contributed by atoms with Crippen molar-refractivity contribution < 1.29 is 5.11 Å². The van der Waals surface area contributed by atoms with Gasteiger partial charge in [0.1, 0.15) is 0 Å². The maximum Gasteiger partial charge on any atom is 0.0611 e. The van der Waals surface area contributed by atoms with Crippen LogP contribution in [0.1, 0.15) is 39.5 Å². The maximum atomic E-state index is 9.67. The molecule has 4 heteroatoms. The van der Waals surface area contributed by atoms with Gasteiger partial charge in [-0.05, 0) is 59.7 Å². The van der Waals surface area contributed by atoms with Crippen LogP contribution >= 0.6 is 0 Å². The number of nitrogens with zero attached hydrogens (tertiary/aromatic N) is 2. The summed E-state index contributed by atoms with van der Waals surface area (Å²) in [5, 5.41) is 13.3. The normalized spacial score (nSPS) is 30.0. The predicted molar refractivity (Wildman–Crippen MR) is 79.4 cm³/mol. The highest BCUT2D eigenvalue weighted by atomic mass is 16.3. The molecule has 2 aliphatic rings. The van der Waals surface area contributed by atoms with Crippen molar-refractivity contribution in [1.29, 1.82) is 0 Å². The highest BCUT2D eigenvalue weighted by molar-refractivity contribution is 4.93. The molecule has 1 heterocycles. The van der Waals surface area contributed by atoms with E-state index in [0.717, 1.165) is 19.5 Å². The minimum atomic E-state index is -0.0981. The van der Waals surface area contributed by atoms with Crippen LogP contribution in [0.25, 0.3) is 0 Å². The molecular formula is C15H31N3O. The number of nitrogens with one attached hydrogen (secondary N) is 1. The Labute approximate surface area is 118 Å². The summed E-state index contributed by atoms with van der Waals surface area (Å²) < 4.78 is 0. The lowest BCUT2D eigenvalue weighted by Crippen LogP contribution is -2.50. The van der Waals surface area contributed by atoms with Crippen molar-refractivity contribution in [2.75, 3.05) is 39.8 Å². The largest absolute Gasteiger partial charge is 0.394 e. The van der Waals surface area contributed by atoms with E-state index in [-0.39, 0.29) is 12.1 Å². The Morgan fingerprint density at radius 1 is 1.32 bits per heavy atom. The zero-order valence-electron chi connectivity index (χ0n) is 12.9. The van der Waals surface area contributed by atoms with Crippen molar-refractivity contribution in [3.05, 3.63) is 0 Å². The summed E-state index contributed by atoms with van der Waals surface area (Å²) in [5.41, 5.74) is -0.0981. The van der Waals surface area contributed by atoms with Gasteiger partial charge in [-0.25, -0.2) is 0 Å². The van der Waals surface area contributed by atoms with Crippen molar-refractivity contribution >= 4 is 0 Å². The van der Waals surface area contributed by atoms with Gasteiger partial charge in [-0.3, -0.25) is 4.90 Å². The molecule has 4 nitrogen and oxygen atoms in total. The number of aliphatic hydroxyl groups is 1. The van der Waals surface area contributed by atoms with Gasteiger partial charge in [0.25, 0.3) is 0 Å². The third kappa shape index (κ3) is 4.71. The Kier molecular flexibility index (Phi) is 5.23. The summed E-state index contributed by atoms with van der Waals surface area (Å²) in [7, 11) is 2.21. The summed E-state index contributed by atoms with van der Waals surface area (Å²) in [6.07, 6.45) is 4.85. The predicted octanol–water partition coefficient (Wildman–Crippen LogP) is 0.906. The van der Waals surface area contributed by atoms with Crippen LogP contribution in [-0.2, 0) is 0 Å². The second-order valence-corrected chi connectivity index (χ2v) is 6.89. The van der Waals surface area contributed by atoms with Gasteiger partial charge in [0.15, 0.2) is 0 Å². The Balaban J connectivity index is 1.81. The molecule has 2 atom stereocenters. The van der Waals surface area contributed by atoms with Crippen molar-refractivity contribution in [2.24, 2.45) is 0 Å². The molecule has 1 aliphatic carbocycles. The van der Waals surface area contributed by atoms with E-state index in [0.29, 0.717) is 12.1 Å². The zero-order valence-corrected chi connectivity index (χ0v) is 12.9. The quantitative estimate of drug-likeness (QED) is 0.752. The molecule has 0 spiro atoms. The van der Waals surface area contributed by atoms with Crippen LogP contribution in [0.15, 0.2) is 0 Å². The summed E-state index contributed by atoms with van der Waals surface area (Å²) in [4.78, 5) is 5.02. The van der Waals surface area contributed by atoms with Crippen molar-refractivity contribution in [1.82, 2.24) is 15.1 Å². The number of likely N-dealkylation sites (N-methyl/N-ethyl adjacent to an activating group) is 1. The summed E-state index contributed by atoms with van der Waals surface area (Å²) in [5.74, 6) is 0. The summed E-state index contributed by atoms with van der Waals surface area (Å²) in [6.45, 7) is 9.38. The van der Waals surface area contributed by atoms with E-state index in [1.54, 1.807) is 0 Å². The first kappa shape index (κ1) is 15.2. The zero-order chi connectivity index (χ0) is 13.9. The third-order valence-electron chi connectivity index (χ3n) is 4.61. The SMILES string of the molecule is CC1CN(C)CCCN1CCC(C)(CO)NC1CC1. The molecule has 0 amide bonds. The molecule has 0 bridgehead atoms. The standard InChI is InChI=1S/C15H31N3O/c1-13-11-17(3)8-4-9-18(13)10-7-15(2,12-19)16-14-5-6-14/h13-14,16,19H,4-12H2,1-3H3. The third-order valence-corrected chi connectivity index (χ3v) is 4.61. The van der Waals surface area contributed by atoms with Crippen LogP contribution in [0.5, 0.6) is 0 Å². The fourth-order valence-corrected chi connectivity index (χ4v) is 3.06. The lowest BCUT2D eigenvalue weighted by atomic mass is 9.98. The Bertz CT molecular complexity index is 283. The first-order valence-corrected chi connectivity index (χ1v) is 7.83. The van der Waals surface area contributed by atoms with Crippen LogP contribution in [0.3, 0.4) is 0 Å². The second-order valence-electron chi connectivity index (χ2n) is 6.89. The molecule has 0 aromatic carbocycles. The van der Waals surface area contributed by atoms with E-state index in [2.05, 4.69) is 36.0 Å². The number of hydrogen-bond donors (Lipinski definition) is 2. The topological polar surface area (TPSA) is 38.7 Å². The van der Waals surface area contributed by atoms with Crippen molar-refractivity contribution in [2.45, 2.75) is 57.2 Å². The molecule has 1 aliphatic heterocycles. The summed E-state index contributed by atoms with van der Waals surface area (Å²) >= 11 is 0. The molecule has 0 aromatic heterocycles. The molecule has 2 unspecified atom stereocenters. The van der Waals surface area contributed by atoms with Gasteiger partial charge in [0, 0.05) is 30.7 Å². The lowest BCUT2D eigenvalue weighted by molar-refractivity contribution is 0.130. The minimum Gasteiger partial charge on any atom is -0.394 e. The average Bonchev–Trinajstić information content (AvgIpc) is 3.17. The molecule has 1 saturated heterocycles. The van der Waals surface area contributed by atoms with Crippen LogP contribution in [-0.4, -0.2) is 72.4 Å². The highest BCUT2D eigenvalue weighted by Gasteiger charge is 2.32. The van der Waals surface area contributed by atoms with Crippen LogP contribution in [0.2, 0.25) is 0 Å². The monoisotopic (exact) mass is 269 g/mol. The molecule has 0 aromatic rings. The fraction of sp³-hybridized carbons (Fsp3) is 1.00. The van der Waals surface area contributed by atoms with E-state index >= 15 is 0 Å². The van der Waals surface area contributed by atoms with Gasteiger partial charge in [-0.15, -0.1) is 0 Å². The first-order valence-electron chi connectivity index (χ1n) is 7.83. The van der Waals surface area contributed by atoms with Gasteiger partial charge < -0.3 is 15.3 Å². The van der Waals surface area contributed by atoms with Gasteiger partial charge in [0.2, 0.25) is 0 Å². The summed E-state index contributed by atoms with van der Waals surface area (Å²) in [6, 6.07) is 1.28. The minimum absolute atomic E-state index is 0.0981. The van der Waals surface area contributed by atoms with Gasteiger partial charge in [-0.1, -0.05) is 0 Å². The molecule has 19 heavy (non-hydrogen) atoms. The molecule has 0 radical (unpaired) electrons. The molecule has 2 fully saturated rings. The average molecular weight is 269 g/mol. The van der Waals surface area contributed by atoms with Crippen LogP contribution < -0.4 is 5.32 Å². The molecule has 1 saturated carbocycles. The Hall–Kier alpha value is -0.160. The number of rotatable bonds is 6. The van der Waals surface area contributed by atoms with Gasteiger partial charge in [-0.2, -0.15) is 0 Å². The molecular weight excluding hydrogens is 238 g/mol. The Morgan fingerprint density at radius 2 is 2.05 bits per heavy atom. The van der Waals surface area contributed by atoms with E-state index in [1.165, 1.54) is 32.4 Å².